The van der Waals surface area contributed by atoms with Gasteiger partial charge in [-0.05, 0) is 37.0 Å². The van der Waals surface area contributed by atoms with E-state index in [4.69, 9.17) is 16.3 Å². The van der Waals surface area contributed by atoms with E-state index in [0.29, 0.717) is 48.2 Å². The number of aliphatic imine (C=N–C) groups is 1. The van der Waals surface area contributed by atoms with Gasteiger partial charge in [-0.25, -0.2) is 14.8 Å². The zero-order chi connectivity index (χ0) is 21.1. The molecule has 156 valence electrons. The minimum atomic E-state index is -0.979. The van der Waals surface area contributed by atoms with Crippen molar-refractivity contribution >= 4 is 35.0 Å². The Hall–Kier alpha value is -2.45. The molecule has 8 nitrogen and oxygen atoms in total. The highest BCUT2D eigenvalue weighted by Crippen LogP contribution is 2.26. The number of aromatic carboxylic acids is 1. The Labute approximate surface area is 174 Å². The Morgan fingerprint density at radius 1 is 1.45 bits per heavy atom. The molecule has 3 heterocycles. The van der Waals surface area contributed by atoms with E-state index in [1.807, 2.05) is 11.8 Å². The first-order valence-electron chi connectivity index (χ1n) is 9.57. The van der Waals surface area contributed by atoms with Gasteiger partial charge in [0.2, 0.25) is 0 Å². The summed E-state index contributed by atoms with van der Waals surface area (Å²) >= 11 is 6.08. The maximum Gasteiger partial charge on any atom is 0.336 e. The van der Waals surface area contributed by atoms with Crippen LogP contribution in [0.25, 0.3) is 0 Å². The van der Waals surface area contributed by atoms with Gasteiger partial charge in [-0.3, -0.25) is 4.79 Å². The first kappa shape index (κ1) is 21.3. The third-order valence-electron chi connectivity index (χ3n) is 5.42. The fourth-order valence-electron chi connectivity index (χ4n) is 3.61. The van der Waals surface area contributed by atoms with Crippen molar-refractivity contribution in [3.05, 3.63) is 34.1 Å². The molecule has 0 bridgehead atoms. The molecule has 29 heavy (non-hydrogen) atoms. The first-order valence-corrected chi connectivity index (χ1v) is 9.95. The van der Waals surface area contributed by atoms with Gasteiger partial charge in [0.05, 0.1) is 17.7 Å². The SMILES string of the molecule is CCC1=C(Cl)N=C(C(=O)N[C@@H]2CCN(c3cc(C(=O)O)c(C)cn3)C[C@@H]2OC)C1. The van der Waals surface area contributed by atoms with E-state index in [9.17, 15) is 14.7 Å². The number of aromatic nitrogens is 1. The molecule has 0 spiro atoms. The second-order valence-corrected chi connectivity index (χ2v) is 7.59. The van der Waals surface area contributed by atoms with Gasteiger partial charge in [0.1, 0.15) is 16.7 Å². The van der Waals surface area contributed by atoms with Gasteiger partial charge in [-0.15, -0.1) is 0 Å². The monoisotopic (exact) mass is 420 g/mol. The van der Waals surface area contributed by atoms with Crippen LogP contribution in [0.15, 0.2) is 28.0 Å². The van der Waals surface area contributed by atoms with Crippen molar-refractivity contribution in [3.63, 3.8) is 0 Å². The molecule has 1 amide bonds. The van der Waals surface area contributed by atoms with Gasteiger partial charge in [-0.1, -0.05) is 18.5 Å². The lowest BCUT2D eigenvalue weighted by Gasteiger charge is -2.38. The summed E-state index contributed by atoms with van der Waals surface area (Å²) in [5, 5.41) is 12.8. The van der Waals surface area contributed by atoms with E-state index in [0.717, 1.165) is 12.0 Å². The van der Waals surface area contributed by atoms with Gasteiger partial charge in [0.25, 0.3) is 5.91 Å². The number of carbonyl (C=O) groups excluding carboxylic acids is 1. The van der Waals surface area contributed by atoms with E-state index in [2.05, 4.69) is 15.3 Å². The van der Waals surface area contributed by atoms with Gasteiger partial charge in [0, 0.05) is 32.8 Å². The number of hydrogen-bond acceptors (Lipinski definition) is 6. The number of aryl methyl sites for hydroxylation is 1. The van der Waals surface area contributed by atoms with Crippen molar-refractivity contribution in [1.82, 2.24) is 10.3 Å². The third kappa shape index (κ3) is 4.59. The van der Waals surface area contributed by atoms with Crippen LogP contribution in [0.4, 0.5) is 5.82 Å². The molecule has 1 aromatic rings. The lowest BCUT2D eigenvalue weighted by molar-refractivity contribution is -0.116. The largest absolute Gasteiger partial charge is 0.478 e. The van der Waals surface area contributed by atoms with E-state index in [1.54, 1.807) is 26.3 Å². The van der Waals surface area contributed by atoms with Crippen molar-refractivity contribution in [2.75, 3.05) is 25.1 Å². The molecule has 3 rings (SSSR count). The van der Waals surface area contributed by atoms with Crippen LogP contribution in [-0.2, 0) is 9.53 Å². The lowest BCUT2D eigenvalue weighted by atomic mass is 10.0. The van der Waals surface area contributed by atoms with Gasteiger partial charge >= 0.3 is 5.97 Å². The first-order chi connectivity index (χ1) is 13.8. The average molecular weight is 421 g/mol. The molecule has 0 aromatic carbocycles. The van der Waals surface area contributed by atoms with Crippen molar-refractivity contribution < 1.29 is 19.4 Å². The molecule has 2 atom stereocenters. The fraction of sp³-hybridized carbons (Fsp3) is 0.500. The van der Waals surface area contributed by atoms with Crippen LogP contribution < -0.4 is 10.2 Å². The van der Waals surface area contributed by atoms with Crippen LogP contribution in [0, 0.1) is 6.92 Å². The van der Waals surface area contributed by atoms with E-state index < -0.39 is 5.97 Å². The standard InChI is InChI=1S/C20H25ClN4O4/c1-4-12-7-15(23-18(12)21)19(26)24-14-5-6-25(10-16(14)29-3)17-8-13(20(27)28)11(2)9-22-17/h8-9,14,16H,4-7,10H2,1-3H3,(H,24,26)(H,27,28)/t14-,16+/m1/s1. The Kier molecular flexibility index (Phi) is 6.54. The Morgan fingerprint density at radius 2 is 2.21 bits per heavy atom. The van der Waals surface area contributed by atoms with Gasteiger partial charge in [-0.2, -0.15) is 0 Å². The number of amides is 1. The Bertz CT molecular complexity index is 883. The van der Waals surface area contributed by atoms with Crippen LogP contribution in [0.2, 0.25) is 0 Å². The summed E-state index contributed by atoms with van der Waals surface area (Å²) in [6, 6.07) is 1.40. The van der Waals surface area contributed by atoms with Crippen LogP contribution in [-0.4, -0.2) is 60.0 Å². The molecule has 0 saturated carbocycles. The number of nitrogens with zero attached hydrogens (tertiary/aromatic N) is 3. The zero-order valence-electron chi connectivity index (χ0n) is 16.7. The average Bonchev–Trinajstić information content (AvgIpc) is 3.09. The summed E-state index contributed by atoms with van der Waals surface area (Å²) in [5.74, 6) is -0.620. The number of carboxylic acids is 1. The molecular weight excluding hydrogens is 396 g/mol. The van der Waals surface area contributed by atoms with Gasteiger partial charge < -0.3 is 20.1 Å². The Balaban J connectivity index is 1.66. The molecule has 1 fully saturated rings. The number of ether oxygens (including phenoxy) is 1. The van der Waals surface area contributed by atoms with E-state index >= 15 is 0 Å². The summed E-state index contributed by atoms with van der Waals surface area (Å²) in [6.07, 6.45) is 3.18. The predicted molar refractivity (Wildman–Crippen MR) is 111 cm³/mol. The number of halogens is 1. The highest BCUT2D eigenvalue weighted by atomic mass is 35.5. The minimum Gasteiger partial charge on any atom is -0.478 e. The van der Waals surface area contributed by atoms with Crippen LogP contribution >= 0.6 is 11.6 Å². The lowest BCUT2D eigenvalue weighted by Crippen LogP contribution is -2.56. The molecule has 2 aliphatic rings. The second-order valence-electron chi connectivity index (χ2n) is 7.23. The molecule has 0 radical (unpaired) electrons. The number of hydrogen-bond donors (Lipinski definition) is 2. The number of nitrogens with one attached hydrogen (secondary N) is 1. The molecule has 0 unspecified atom stereocenters. The summed E-state index contributed by atoms with van der Waals surface area (Å²) in [4.78, 5) is 34.6. The van der Waals surface area contributed by atoms with Crippen molar-refractivity contribution in [2.24, 2.45) is 4.99 Å². The Morgan fingerprint density at radius 3 is 2.83 bits per heavy atom. The minimum absolute atomic E-state index is 0.180. The number of pyridine rings is 1. The summed E-state index contributed by atoms with van der Waals surface area (Å²) in [5.41, 5.74) is 2.24. The number of carbonyl (C=O) groups is 2. The molecular formula is C20H25ClN4O4. The summed E-state index contributed by atoms with van der Waals surface area (Å²) in [6.45, 7) is 4.81. The highest BCUT2D eigenvalue weighted by molar-refractivity contribution is 6.43. The quantitative estimate of drug-likeness (QED) is 0.685. The number of anilines is 1. The molecule has 9 heteroatoms. The van der Waals surface area contributed by atoms with Crippen LogP contribution in [0.5, 0.6) is 0 Å². The number of rotatable bonds is 6. The zero-order valence-corrected chi connectivity index (χ0v) is 17.5. The van der Waals surface area contributed by atoms with E-state index in [-0.39, 0.29) is 23.6 Å². The normalized spacial score (nSPS) is 21.9. The van der Waals surface area contributed by atoms with Crippen molar-refractivity contribution in [3.8, 4) is 0 Å². The number of carboxylic acid groups (broad SMARTS) is 1. The molecule has 2 N–H and O–H groups in total. The number of allylic oxidation sites excluding steroid dienone is 1. The number of piperidine rings is 1. The fourth-order valence-corrected chi connectivity index (χ4v) is 3.91. The predicted octanol–water partition coefficient (Wildman–Crippen LogP) is 2.50. The third-order valence-corrected chi connectivity index (χ3v) is 5.77. The maximum atomic E-state index is 12.6. The topological polar surface area (TPSA) is 104 Å². The summed E-state index contributed by atoms with van der Waals surface area (Å²) in [7, 11) is 1.60. The maximum absolute atomic E-state index is 12.6. The van der Waals surface area contributed by atoms with Gasteiger partial charge in [0.15, 0.2) is 0 Å². The summed E-state index contributed by atoms with van der Waals surface area (Å²) < 4.78 is 5.61. The molecule has 0 aliphatic carbocycles. The molecule has 2 aliphatic heterocycles. The molecule has 1 saturated heterocycles. The van der Waals surface area contributed by atoms with Crippen LogP contribution in [0.1, 0.15) is 42.1 Å². The highest BCUT2D eigenvalue weighted by Gasteiger charge is 2.33. The van der Waals surface area contributed by atoms with Crippen molar-refractivity contribution in [2.45, 2.75) is 45.3 Å². The smallest absolute Gasteiger partial charge is 0.336 e. The van der Waals surface area contributed by atoms with Crippen molar-refractivity contribution in [1.29, 1.82) is 0 Å². The molecule has 1 aromatic heterocycles. The second kappa shape index (κ2) is 8.92. The van der Waals surface area contributed by atoms with E-state index in [1.165, 1.54) is 0 Å². The number of methoxy groups -OCH3 is 1. The van der Waals surface area contributed by atoms with Crippen LogP contribution in [0.3, 0.4) is 0 Å².